The maximum absolute atomic E-state index is 5.40. The van der Waals surface area contributed by atoms with Gasteiger partial charge in [-0.15, -0.1) is 11.3 Å². The van der Waals surface area contributed by atoms with E-state index in [0.717, 1.165) is 6.54 Å². The molecule has 2 aromatic rings. The maximum Gasteiger partial charge on any atom is 0.240 e. The van der Waals surface area contributed by atoms with E-state index in [4.69, 9.17) is 10.3 Å². The maximum atomic E-state index is 5.40. The van der Waals surface area contributed by atoms with E-state index >= 15 is 0 Å². The highest BCUT2D eigenvalue weighted by Gasteiger charge is 2.08. The molecule has 0 fully saturated rings. The van der Waals surface area contributed by atoms with Crippen LogP contribution in [-0.4, -0.2) is 22.1 Å². The average molecular weight is 238 g/mol. The molecule has 2 heterocycles. The van der Waals surface area contributed by atoms with Gasteiger partial charge in [-0.25, -0.2) is 0 Å². The van der Waals surface area contributed by atoms with Gasteiger partial charge in [-0.1, -0.05) is 11.2 Å². The van der Waals surface area contributed by atoms with Crippen LogP contribution in [0.25, 0.3) is 0 Å². The molecule has 2 aromatic heterocycles. The van der Waals surface area contributed by atoms with Gasteiger partial charge in [-0.2, -0.15) is 4.98 Å². The van der Waals surface area contributed by atoms with Gasteiger partial charge in [0.15, 0.2) is 5.82 Å². The van der Waals surface area contributed by atoms with Gasteiger partial charge in [0.2, 0.25) is 5.89 Å². The van der Waals surface area contributed by atoms with Crippen LogP contribution in [-0.2, 0) is 19.6 Å². The molecule has 2 N–H and O–H groups in total. The van der Waals surface area contributed by atoms with Crippen LogP contribution in [0.4, 0.5) is 0 Å². The van der Waals surface area contributed by atoms with E-state index in [1.165, 1.54) is 4.88 Å². The van der Waals surface area contributed by atoms with Gasteiger partial charge in [0.1, 0.15) is 0 Å². The summed E-state index contributed by atoms with van der Waals surface area (Å²) in [6, 6.07) is 4.16. The van der Waals surface area contributed by atoms with Gasteiger partial charge in [0.25, 0.3) is 0 Å². The summed E-state index contributed by atoms with van der Waals surface area (Å²) in [6.07, 6.45) is 0. The fourth-order valence-corrected chi connectivity index (χ4v) is 2.19. The number of nitrogens with zero attached hydrogens (tertiary/aromatic N) is 3. The molecule has 0 saturated heterocycles. The fraction of sp³-hybridized carbons (Fsp3) is 0.400. The minimum Gasteiger partial charge on any atom is -0.338 e. The van der Waals surface area contributed by atoms with Gasteiger partial charge in [-0.05, 0) is 18.5 Å². The third kappa shape index (κ3) is 2.88. The Kier molecular flexibility index (Phi) is 3.66. The molecule has 0 bridgehead atoms. The first kappa shape index (κ1) is 11.3. The summed E-state index contributed by atoms with van der Waals surface area (Å²) in [7, 11) is 2.03. The van der Waals surface area contributed by atoms with E-state index in [1.807, 2.05) is 7.05 Å². The highest BCUT2D eigenvalue weighted by molar-refractivity contribution is 7.09. The summed E-state index contributed by atoms with van der Waals surface area (Å²) < 4.78 is 4.94. The molecular weight excluding hydrogens is 224 g/mol. The second-order valence-electron chi connectivity index (χ2n) is 3.56. The molecule has 0 aliphatic heterocycles. The monoisotopic (exact) mass is 238 g/mol. The van der Waals surface area contributed by atoms with Crippen molar-refractivity contribution in [1.29, 1.82) is 0 Å². The molecular formula is C10H14N4OS. The summed E-state index contributed by atoms with van der Waals surface area (Å²) in [6.45, 7) is 1.85. The molecule has 0 aliphatic carbocycles. The van der Waals surface area contributed by atoms with Crippen molar-refractivity contribution in [1.82, 2.24) is 15.0 Å². The van der Waals surface area contributed by atoms with Gasteiger partial charge in [0.05, 0.1) is 13.1 Å². The second kappa shape index (κ2) is 5.20. The predicted octanol–water partition coefficient (Wildman–Crippen LogP) is 1.22. The Bertz CT molecular complexity index is 426. The molecule has 6 heteroatoms. The Labute approximate surface area is 97.9 Å². The molecule has 86 valence electrons. The Morgan fingerprint density at radius 2 is 2.38 bits per heavy atom. The minimum absolute atomic E-state index is 0.293. The molecule has 0 atom stereocenters. The van der Waals surface area contributed by atoms with Crippen molar-refractivity contribution in [3.8, 4) is 0 Å². The molecule has 0 amide bonds. The molecule has 0 aliphatic rings. The minimum atomic E-state index is 0.293. The first-order chi connectivity index (χ1) is 7.78. The quantitative estimate of drug-likeness (QED) is 0.848. The first-order valence-corrected chi connectivity index (χ1v) is 5.88. The summed E-state index contributed by atoms with van der Waals surface area (Å²) in [5, 5.41) is 5.93. The highest BCUT2D eigenvalue weighted by atomic mass is 32.1. The number of hydrogen-bond acceptors (Lipinski definition) is 6. The standard InChI is InChI=1S/C10H14N4OS/c1-14(6-8-3-2-4-16-8)7-9-12-10(5-11)15-13-9/h2-4H,5-7,11H2,1H3. The lowest BCUT2D eigenvalue weighted by Crippen LogP contribution is -2.17. The third-order valence-corrected chi connectivity index (χ3v) is 2.96. The van der Waals surface area contributed by atoms with Crippen molar-refractivity contribution in [3.05, 3.63) is 34.1 Å². The number of rotatable bonds is 5. The number of aromatic nitrogens is 2. The van der Waals surface area contributed by atoms with E-state index in [0.29, 0.717) is 24.8 Å². The van der Waals surface area contributed by atoms with Gasteiger partial charge < -0.3 is 10.3 Å². The topological polar surface area (TPSA) is 68.2 Å². The molecule has 16 heavy (non-hydrogen) atoms. The summed E-state index contributed by atoms with van der Waals surface area (Å²) in [5.74, 6) is 1.17. The average Bonchev–Trinajstić information content (AvgIpc) is 2.89. The van der Waals surface area contributed by atoms with E-state index in [2.05, 4.69) is 32.6 Å². The lowest BCUT2D eigenvalue weighted by atomic mass is 10.4. The molecule has 2 rings (SSSR count). The normalized spacial score (nSPS) is 11.2. The Balaban J connectivity index is 1.89. The van der Waals surface area contributed by atoms with E-state index in [-0.39, 0.29) is 0 Å². The number of thiophene rings is 1. The highest BCUT2D eigenvalue weighted by Crippen LogP contribution is 2.12. The van der Waals surface area contributed by atoms with Gasteiger partial charge in [-0.3, -0.25) is 4.90 Å². The van der Waals surface area contributed by atoms with Crippen LogP contribution in [0.1, 0.15) is 16.6 Å². The Morgan fingerprint density at radius 1 is 1.50 bits per heavy atom. The largest absolute Gasteiger partial charge is 0.338 e. The van der Waals surface area contributed by atoms with Crippen molar-refractivity contribution >= 4 is 11.3 Å². The van der Waals surface area contributed by atoms with Crippen molar-refractivity contribution in [2.24, 2.45) is 5.73 Å². The van der Waals surface area contributed by atoms with Crippen LogP contribution >= 0.6 is 11.3 Å². The molecule has 0 unspecified atom stereocenters. The van der Waals surface area contributed by atoms with Crippen molar-refractivity contribution < 1.29 is 4.52 Å². The van der Waals surface area contributed by atoms with Crippen molar-refractivity contribution in [2.75, 3.05) is 7.05 Å². The van der Waals surface area contributed by atoms with Crippen LogP contribution < -0.4 is 5.73 Å². The second-order valence-corrected chi connectivity index (χ2v) is 4.59. The van der Waals surface area contributed by atoms with Gasteiger partial charge in [0, 0.05) is 11.4 Å². The molecule has 0 aromatic carbocycles. The zero-order valence-electron chi connectivity index (χ0n) is 9.09. The van der Waals surface area contributed by atoms with Crippen molar-refractivity contribution in [2.45, 2.75) is 19.6 Å². The number of nitrogens with two attached hydrogens (primary N) is 1. The molecule has 0 radical (unpaired) electrons. The SMILES string of the molecule is CN(Cc1noc(CN)n1)Cc1cccs1. The van der Waals surface area contributed by atoms with E-state index < -0.39 is 0 Å². The Morgan fingerprint density at radius 3 is 3.00 bits per heavy atom. The van der Waals surface area contributed by atoms with Crippen molar-refractivity contribution in [3.63, 3.8) is 0 Å². The summed E-state index contributed by atoms with van der Waals surface area (Å²) in [4.78, 5) is 7.62. The van der Waals surface area contributed by atoms with Crippen LogP contribution in [0.3, 0.4) is 0 Å². The van der Waals surface area contributed by atoms with Crippen LogP contribution in [0.2, 0.25) is 0 Å². The first-order valence-electron chi connectivity index (χ1n) is 5.00. The molecule has 5 nitrogen and oxygen atoms in total. The third-order valence-electron chi connectivity index (χ3n) is 2.10. The zero-order chi connectivity index (χ0) is 11.4. The van der Waals surface area contributed by atoms with Gasteiger partial charge >= 0.3 is 0 Å². The smallest absolute Gasteiger partial charge is 0.240 e. The molecule has 0 spiro atoms. The fourth-order valence-electron chi connectivity index (χ4n) is 1.40. The zero-order valence-corrected chi connectivity index (χ0v) is 9.91. The van der Waals surface area contributed by atoms with Crippen LogP contribution in [0.15, 0.2) is 22.0 Å². The lowest BCUT2D eigenvalue weighted by molar-refractivity contribution is 0.302. The van der Waals surface area contributed by atoms with E-state index in [9.17, 15) is 0 Å². The van der Waals surface area contributed by atoms with E-state index in [1.54, 1.807) is 11.3 Å². The van der Waals surface area contributed by atoms with Crippen LogP contribution in [0.5, 0.6) is 0 Å². The van der Waals surface area contributed by atoms with Crippen LogP contribution in [0, 0.1) is 0 Å². The summed E-state index contributed by atoms with van der Waals surface area (Å²) >= 11 is 1.75. The molecule has 0 saturated carbocycles. The summed E-state index contributed by atoms with van der Waals surface area (Å²) in [5.41, 5.74) is 5.40. The Hall–Kier alpha value is -1.24. The lowest BCUT2D eigenvalue weighted by Gasteiger charge is -2.12. The number of hydrogen-bond donors (Lipinski definition) is 1. The predicted molar refractivity (Wildman–Crippen MR) is 61.7 cm³/mol.